The second kappa shape index (κ2) is 4.64. The first kappa shape index (κ1) is 12.4. The Bertz CT molecular complexity index is 322. The second-order valence-corrected chi connectivity index (χ2v) is 5.14. The van der Waals surface area contributed by atoms with E-state index in [1.54, 1.807) is 11.8 Å². The van der Waals surface area contributed by atoms with Gasteiger partial charge >= 0.3 is 6.03 Å². The fourth-order valence-corrected chi connectivity index (χ4v) is 2.86. The smallest absolute Gasteiger partial charge is 0.325 e. The molecule has 17 heavy (non-hydrogen) atoms. The molecule has 5 heteroatoms. The zero-order chi connectivity index (χ0) is 12.5. The Balaban J connectivity index is 2.14. The van der Waals surface area contributed by atoms with E-state index in [1.165, 1.54) is 0 Å². The largest absolute Gasteiger partial charge is 0.393 e. The highest BCUT2D eigenvalue weighted by molar-refractivity contribution is 6.07. The minimum Gasteiger partial charge on any atom is -0.393 e. The van der Waals surface area contributed by atoms with Crippen molar-refractivity contribution in [3.63, 3.8) is 0 Å². The van der Waals surface area contributed by atoms with Gasteiger partial charge in [0.15, 0.2) is 0 Å². The molecule has 0 aromatic rings. The van der Waals surface area contributed by atoms with Gasteiger partial charge < -0.3 is 10.0 Å². The highest BCUT2D eigenvalue weighted by Crippen LogP contribution is 2.37. The summed E-state index contributed by atoms with van der Waals surface area (Å²) in [6.07, 6.45) is 4.70. The number of hydrogen-bond acceptors (Lipinski definition) is 3. The summed E-state index contributed by atoms with van der Waals surface area (Å²) in [7, 11) is 0. The summed E-state index contributed by atoms with van der Waals surface area (Å²) in [5.74, 6) is -0.146. The van der Waals surface area contributed by atoms with Gasteiger partial charge in [-0.2, -0.15) is 0 Å². The van der Waals surface area contributed by atoms with E-state index in [9.17, 15) is 14.7 Å². The number of amides is 3. The summed E-state index contributed by atoms with van der Waals surface area (Å²) < 4.78 is 0. The molecule has 0 radical (unpaired) electrons. The number of nitrogens with zero attached hydrogens (tertiary/aromatic N) is 1. The monoisotopic (exact) mass is 240 g/mol. The third kappa shape index (κ3) is 2.16. The lowest BCUT2D eigenvalue weighted by Crippen LogP contribution is -2.51. The van der Waals surface area contributed by atoms with Crippen molar-refractivity contribution in [2.45, 2.75) is 57.1 Å². The van der Waals surface area contributed by atoms with E-state index in [0.717, 1.165) is 32.1 Å². The molecule has 5 nitrogen and oxygen atoms in total. The van der Waals surface area contributed by atoms with Crippen molar-refractivity contribution >= 4 is 11.9 Å². The van der Waals surface area contributed by atoms with E-state index in [4.69, 9.17) is 0 Å². The number of aliphatic hydroxyl groups excluding tert-OH is 1. The fourth-order valence-electron chi connectivity index (χ4n) is 2.86. The number of nitrogens with one attached hydrogen (secondary N) is 1. The zero-order valence-corrected chi connectivity index (χ0v) is 10.2. The molecule has 0 aromatic carbocycles. The van der Waals surface area contributed by atoms with Crippen molar-refractivity contribution in [1.82, 2.24) is 10.2 Å². The third-order valence-corrected chi connectivity index (χ3v) is 3.86. The van der Waals surface area contributed by atoms with E-state index in [1.807, 2.05) is 0 Å². The molecular weight excluding hydrogens is 220 g/mol. The topological polar surface area (TPSA) is 69.6 Å². The van der Waals surface area contributed by atoms with Gasteiger partial charge in [-0.3, -0.25) is 10.1 Å². The first-order chi connectivity index (χ1) is 8.06. The molecule has 1 unspecified atom stereocenters. The Labute approximate surface area is 101 Å². The molecule has 96 valence electrons. The lowest BCUT2D eigenvalue weighted by atomic mass is 9.80. The highest BCUT2D eigenvalue weighted by Gasteiger charge is 2.52. The standard InChI is InChI=1S/C12H20N2O3/c1-9(15)5-8-14-11(17)13-10(16)12(14)6-3-2-4-7-12/h9,15H,2-8H2,1H3,(H,13,16,17). The van der Waals surface area contributed by atoms with E-state index in [0.29, 0.717) is 13.0 Å². The van der Waals surface area contributed by atoms with Gasteiger partial charge in [-0.15, -0.1) is 0 Å². The van der Waals surface area contributed by atoms with Crippen LogP contribution in [-0.2, 0) is 4.79 Å². The number of carbonyl (C=O) groups excluding carboxylic acids is 2. The molecule has 1 heterocycles. The van der Waals surface area contributed by atoms with Crippen LogP contribution in [0.3, 0.4) is 0 Å². The minimum atomic E-state index is -0.621. The van der Waals surface area contributed by atoms with Crippen LogP contribution in [0.15, 0.2) is 0 Å². The Morgan fingerprint density at radius 2 is 2.00 bits per heavy atom. The maximum absolute atomic E-state index is 12.0. The van der Waals surface area contributed by atoms with Gasteiger partial charge in [0.1, 0.15) is 5.54 Å². The van der Waals surface area contributed by atoms with E-state index < -0.39 is 11.6 Å². The van der Waals surface area contributed by atoms with Crippen LogP contribution in [0.1, 0.15) is 45.4 Å². The number of imide groups is 1. The van der Waals surface area contributed by atoms with E-state index in [-0.39, 0.29) is 11.9 Å². The molecule has 1 spiro atoms. The molecule has 2 fully saturated rings. The van der Waals surface area contributed by atoms with Crippen LogP contribution in [0.5, 0.6) is 0 Å². The second-order valence-electron chi connectivity index (χ2n) is 5.14. The van der Waals surface area contributed by atoms with Crippen LogP contribution in [0.4, 0.5) is 4.79 Å². The van der Waals surface area contributed by atoms with Gasteiger partial charge in [-0.05, 0) is 26.2 Å². The summed E-state index contributed by atoms with van der Waals surface area (Å²) in [6, 6.07) is -0.294. The lowest BCUT2D eigenvalue weighted by molar-refractivity contribution is -0.128. The van der Waals surface area contributed by atoms with E-state index >= 15 is 0 Å². The van der Waals surface area contributed by atoms with Gasteiger partial charge in [-0.25, -0.2) is 4.79 Å². The van der Waals surface area contributed by atoms with Gasteiger partial charge in [0.2, 0.25) is 0 Å². The van der Waals surface area contributed by atoms with Crippen LogP contribution in [0.25, 0.3) is 0 Å². The lowest BCUT2D eigenvalue weighted by Gasteiger charge is -2.38. The number of carbonyl (C=O) groups is 2. The van der Waals surface area contributed by atoms with Crippen molar-refractivity contribution < 1.29 is 14.7 Å². The summed E-state index contributed by atoms with van der Waals surface area (Å²) in [4.78, 5) is 25.4. The molecule has 0 bridgehead atoms. The molecule has 0 aromatic heterocycles. The molecule has 1 saturated carbocycles. The van der Waals surface area contributed by atoms with E-state index in [2.05, 4.69) is 5.32 Å². The normalized spacial score (nSPS) is 25.2. The van der Waals surface area contributed by atoms with Crippen molar-refractivity contribution in [3.8, 4) is 0 Å². The molecule has 1 atom stereocenters. The molecule has 1 aliphatic carbocycles. The first-order valence-corrected chi connectivity index (χ1v) is 6.37. The number of urea groups is 1. The van der Waals surface area contributed by atoms with Gasteiger partial charge in [0.25, 0.3) is 5.91 Å². The van der Waals surface area contributed by atoms with Crippen LogP contribution in [0.2, 0.25) is 0 Å². The molecule has 2 aliphatic rings. The molecule has 3 amide bonds. The molecule has 2 rings (SSSR count). The Morgan fingerprint density at radius 3 is 2.59 bits per heavy atom. The number of aliphatic hydroxyl groups is 1. The van der Waals surface area contributed by atoms with Crippen molar-refractivity contribution in [2.75, 3.05) is 6.54 Å². The Morgan fingerprint density at radius 1 is 1.35 bits per heavy atom. The van der Waals surface area contributed by atoms with Crippen LogP contribution < -0.4 is 5.32 Å². The molecule has 1 aliphatic heterocycles. The minimum absolute atomic E-state index is 0.146. The SMILES string of the molecule is CC(O)CCN1C(=O)NC(=O)C12CCCCC2. The average molecular weight is 240 g/mol. The highest BCUT2D eigenvalue weighted by atomic mass is 16.3. The summed E-state index contributed by atoms with van der Waals surface area (Å²) in [5, 5.41) is 11.7. The quantitative estimate of drug-likeness (QED) is 0.723. The van der Waals surface area contributed by atoms with Gasteiger partial charge in [0, 0.05) is 6.54 Å². The summed E-state index contributed by atoms with van der Waals surface area (Å²) in [6.45, 7) is 2.15. The average Bonchev–Trinajstić information content (AvgIpc) is 2.50. The number of hydrogen-bond donors (Lipinski definition) is 2. The van der Waals surface area contributed by atoms with Crippen LogP contribution >= 0.6 is 0 Å². The molecule has 1 saturated heterocycles. The van der Waals surface area contributed by atoms with Gasteiger partial charge in [0.05, 0.1) is 6.10 Å². The maximum atomic E-state index is 12.0. The number of rotatable bonds is 3. The van der Waals surface area contributed by atoms with Gasteiger partial charge in [-0.1, -0.05) is 19.3 Å². The maximum Gasteiger partial charge on any atom is 0.325 e. The Hall–Kier alpha value is -1.10. The van der Waals surface area contributed by atoms with Crippen LogP contribution in [-0.4, -0.2) is 40.1 Å². The third-order valence-electron chi connectivity index (χ3n) is 3.86. The molecular formula is C12H20N2O3. The van der Waals surface area contributed by atoms with Crippen molar-refractivity contribution in [2.24, 2.45) is 0 Å². The van der Waals surface area contributed by atoms with Crippen molar-refractivity contribution in [1.29, 1.82) is 0 Å². The molecule has 2 N–H and O–H groups in total. The summed E-state index contributed by atoms with van der Waals surface area (Å²) in [5.41, 5.74) is -0.621. The summed E-state index contributed by atoms with van der Waals surface area (Å²) >= 11 is 0. The Kier molecular flexibility index (Phi) is 3.38. The first-order valence-electron chi connectivity index (χ1n) is 6.37. The fraction of sp³-hybridized carbons (Fsp3) is 0.833. The van der Waals surface area contributed by atoms with Crippen LogP contribution in [0, 0.1) is 0 Å². The predicted molar refractivity (Wildman–Crippen MR) is 62.4 cm³/mol. The zero-order valence-electron chi connectivity index (χ0n) is 10.2. The van der Waals surface area contributed by atoms with Crippen molar-refractivity contribution in [3.05, 3.63) is 0 Å². The predicted octanol–water partition coefficient (Wildman–Crippen LogP) is 1.01.